The van der Waals surface area contributed by atoms with Crippen LogP contribution in [0.25, 0.3) is 0 Å². The molecule has 1 atom stereocenters. The molecule has 0 fully saturated rings. The molecule has 1 aliphatic rings. The van der Waals surface area contributed by atoms with Gasteiger partial charge in [0, 0.05) is 11.7 Å². The van der Waals surface area contributed by atoms with Crippen molar-refractivity contribution in [3.63, 3.8) is 0 Å². The number of unbranched alkanes of at least 4 members (excludes halogenated alkanes) is 1. The van der Waals surface area contributed by atoms with E-state index in [2.05, 4.69) is 36.4 Å². The van der Waals surface area contributed by atoms with Gasteiger partial charge in [-0.1, -0.05) is 6.07 Å². The third kappa shape index (κ3) is 3.47. The average Bonchev–Trinajstić information content (AvgIpc) is 2.70. The molecule has 0 saturated heterocycles. The van der Waals surface area contributed by atoms with Crippen molar-refractivity contribution < 1.29 is 0 Å². The molecule has 0 aliphatic heterocycles. The van der Waals surface area contributed by atoms with E-state index in [0.717, 1.165) is 18.7 Å². The standard InChI is InChI=1S/C15H25N3/c1-18(2)10-4-3-9-17-15-8-5-12-11-13(16)6-7-14(12)15/h6-7,11,15,17H,3-5,8-10,16H2,1-2H3. The van der Waals surface area contributed by atoms with Crippen LogP contribution in [-0.2, 0) is 6.42 Å². The summed E-state index contributed by atoms with van der Waals surface area (Å²) in [6.07, 6.45) is 4.89. The van der Waals surface area contributed by atoms with Crippen LogP contribution in [-0.4, -0.2) is 32.1 Å². The number of aryl methyl sites for hydroxylation is 1. The third-order valence-corrected chi connectivity index (χ3v) is 3.67. The molecule has 0 spiro atoms. The molecule has 0 bridgehead atoms. The van der Waals surface area contributed by atoms with Crippen LogP contribution in [0.1, 0.15) is 36.4 Å². The van der Waals surface area contributed by atoms with Gasteiger partial charge in [0.15, 0.2) is 0 Å². The van der Waals surface area contributed by atoms with Crippen molar-refractivity contribution >= 4 is 5.69 Å². The van der Waals surface area contributed by atoms with Gasteiger partial charge in [0.1, 0.15) is 0 Å². The Bertz CT molecular complexity index is 387. The predicted octanol–water partition coefficient (Wildman–Crippen LogP) is 2.19. The van der Waals surface area contributed by atoms with E-state index < -0.39 is 0 Å². The van der Waals surface area contributed by atoms with Crippen LogP contribution in [0.15, 0.2) is 18.2 Å². The molecule has 0 saturated carbocycles. The zero-order chi connectivity index (χ0) is 13.0. The van der Waals surface area contributed by atoms with Crippen molar-refractivity contribution in [3.8, 4) is 0 Å². The van der Waals surface area contributed by atoms with Gasteiger partial charge >= 0.3 is 0 Å². The Hall–Kier alpha value is -1.06. The Morgan fingerprint density at radius 1 is 1.33 bits per heavy atom. The minimum atomic E-state index is 0.542. The summed E-state index contributed by atoms with van der Waals surface area (Å²) >= 11 is 0. The zero-order valence-corrected chi connectivity index (χ0v) is 11.6. The Balaban J connectivity index is 1.76. The largest absolute Gasteiger partial charge is 0.399 e. The van der Waals surface area contributed by atoms with Crippen LogP contribution in [0.2, 0.25) is 0 Å². The number of hydrogen-bond acceptors (Lipinski definition) is 3. The van der Waals surface area contributed by atoms with Crippen LogP contribution >= 0.6 is 0 Å². The van der Waals surface area contributed by atoms with E-state index in [0.29, 0.717) is 6.04 Å². The van der Waals surface area contributed by atoms with Gasteiger partial charge in [-0.05, 0) is 76.1 Å². The smallest absolute Gasteiger partial charge is 0.0326 e. The van der Waals surface area contributed by atoms with E-state index in [1.165, 1.54) is 36.9 Å². The molecule has 0 heterocycles. The van der Waals surface area contributed by atoms with Crippen LogP contribution in [0.3, 0.4) is 0 Å². The highest BCUT2D eigenvalue weighted by Gasteiger charge is 2.21. The second-order valence-electron chi connectivity index (χ2n) is 5.51. The lowest BCUT2D eigenvalue weighted by atomic mass is 10.1. The number of nitrogens with zero attached hydrogens (tertiary/aromatic N) is 1. The van der Waals surface area contributed by atoms with E-state index in [9.17, 15) is 0 Å². The molecule has 2 rings (SSSR count). The number of rotatable bonds is 6. The van der Waals surface area contributed by atoms with E-state index >= 15 is 0 Å². The lowest BCUT2D eigenvalue weighted by Crippen LogP contribution is -2.21. The normalized spacial score (nSPS) is 18.3. The fraction of sp³-hybridized carbons (Fsp3) is 0.600. The van der Waals surface area contributed by atoms with Gasteiger partial charge in [0.25, 0.3) is 0 Å². The molecule has 1 unspecified atom stereocenters. The summed E-state index contributed by atoms with van der Waals surface area (Å²) in [5, 5.41) is 3.67. The van der Waals surface area contributed by atoms with Crippen LogP contribution in [0.4, 0.5) is 5.69 Å². The second kappa shape index (κ2) is 6.21. The van der Waals surface area contributed by atoms with Crippen molar-refractivity contribution in [2.75, 3.05) is 32.9 Å². The fourth-order valence-electron chi connectivity index (χ4n) is 2.68. The van der Waals surface area contributed by atoms with E-state index in [-0.39, 0.29) is 0 Å². The Morgan fingerprint density at radius 3 is 2.94 bits per heavy atom. The average molecular weight is 247 g/mol. The molecular formula is C15H25N3. The van der Waals surface area contributed by atoms with Crippen molar-refractivity contribution in [2.24, 2.45) is 0 Å². The summed E-state index contributed by atoms with van der Waals surface area (Å²) in [5.41, 5.74) is 9.60. The molecule has 3 N–H and O–H groups in total. The minimum absolute atomic E-state index is 0.542. The van der Waals surface area contributed by atoms with Crippen LogP contribution in [0.5, 0.6) is 0 Å². The van der Waals surface area contributed by atoms with Gasteiger partial charge in [-0.3, -0.25) is 0 Å². The molecule has 0 aromatic heterocycles. The summed E-state index contributed by atoms with van der Waals surface area (Å²) in [6, 6.07) is 6.88. The number of benzene rings is 1. The molecule has 3 nitrogen and oxygen atoms in total. The van der Waals surface area contributed by atoms with Crippen LogP contribution < -0.4 is 11.1 Å². The number of fused-ring (bicyclic) bond motifs is 1. The van der Waals surface area contributed by atoms with Gasteiger partial charge in [0.2, 0.25) is 0 Å². The Kier molecular flexibility index (Phi) is 4.61. The van der Waals surface area contributed by atoms with Crippen molar-refractivity contribution in [1.29, 1.82) is 0 Å². The molecule has 18 heavy (non-hydrogen) atoms. The van der Waals surface area contributed by atoms with E-state index in [1.54, 1.807) is 0 Å². The van der Waals surface area contributed by atoms with Crippen LogP contribution in [0, 0.1) is 0 Å². The maximum Gasteiger partial charge on any atom is 0.0326 e. The maximum absolute atomic E-state index is 5.82. The highest BCUT2D eigenvalue weighted by Crippen LogP contribution is 2.32. The van der Waals surface area contributed by atoms with E-state index in [1.807, 2.05) is 6.07 Å². The first-order valence-electron chi connectivity index (χ1n) is 6.93. The monoisotopic (exact) mass is 247 g/mol. The number of hydrogen-bond donors (Lipinski definition) is 2. The molecule has 100 valence electrons. The topological polar surface area (TPSA) is 41.3 Å². The molecule has 1 aliphatic carbocycles. The van der Waals surface area contributed by atoms with Gasteiger partial charge in [0.05, 0.1) is 0 Å². The number of nitrogens with two attached hydrogens (primary N) is 1. The van der Waals surface area contributed by atoms with Gasteiger partial charge in [-0.2, -0.15) is 0 Å². The number of anilines is 1. The highest BCUT2D eigenvalue weighted by molar-refractivity contribution is 5.47. The van der Waals surface area contributed by atoms with Crippen molar-refractivity contribution in [2.45, 2.75) is 31.7 Å². The Morgan fingerprint density at radius 2 is 2.17 bits per heavy atom. The molecule has 1 aromatic carbocycles. The quantitative estimate of drug-likeness (QED) is 0.598. The summed E-state index contributed by atoms with van der Waals surface area (Å²) in [4.78, 5) is 2.24. The molecule has 0 radical (unpaired) electrons. The summed E-state index contributed by atoms with van der Waals surface area (Å²) in [5.74, 6) is 0. The number of nitrogens with one attached hydrogen (secondary N) is 1. The predicted molar refractivity (Wildman–Crippen MR) is 77.7 cm³/mol. The first kappa shape index (κ1) is 13.4. The minimum Gasteiger partial charge on any atom is -0.399 e. The second-order valence-corrected chi connectivity index (χ2v) is 5.51. The molecule has 0 amide bonds. The summed E-state index contributed by atoms with van der Waals surface area (Å²) in [7, 11) is 4.26. The summed E-state index contributed by atoms with van der Waals surface area (Å²) < 4.78 is 0. The zero-order valence-electron chi connectivity index (χ0n) is 11.6. The fourth-order valence-corrected chi connectivity index (χ4v) is 2.68. The van der Waals surface area contributed by atoms with Crippen molar-refractivity contribution in [1.82, 2.24) is 10.2 Å². The number of nitrogen functional groups attached to an aromatic ring is 1. The van der Waals surface area contributed by atoms with Gasteiger partial charge < -0.3 is 16.0 Å². The molecule has 3 heteroatoms. The first-order chi connectivity index (χ1) is 8.66. The first-order valence-corrected chi connectivity index (χ1v) is 6.93. The van der Waals surface area contributed by atoms with Gasteiger partial charge in [-0.15, -0.1) is 0 Å². The lowest BCUT2D eigenvalue weighted by Gasteiger charge is -2.15. The lowest BCUT2D eigenvalue weighted by molar-refractivity contribution is 0.387. The molecular weight excluding hydrogens is 222 g/mol. The van der Waals surface area contributed by atoms with Crippen molar-refractivity contribution in [3.05, 3.63) is 29.3 Å². The molecule has 1 aromatic rings. The van der Waals surface area contributed by atoms with Gasteiger partial charge in [-0.25, -0.2) is 0 Å². The highest BCUT2D eigenvalue weighted by atomic mass is 15.0. The van der Waals surface area contributed by atoms with E-state index in [4.69, 9.17) is 5.73 Å². The summed E-state index contributed by atoms with van der Waals surface area (Å²) in [6.45, 7) is 2.29. The maximum atomic E-state index is 5.82. The SMILES string of the molecule is CN(C)CCCCNC1CCc2cc(N)ccc21. The third-order valence-electron chi connectivity index (χ3n) is 3.67. The Labute approximate surface area is 110 Å².